The third-order valence-corrected chi connectivity index (χ3v) is 4.28. The van der Waals surface area contributed by atoms with Crippen LogP contribution in [0.4, 0.5) is 5.00 Å². The van der Waals surface area contributed by atoms with Crippen molar-refractivity contribution in [2.75, 3.05) is 6.54 Å². The van der Waals surface area contributed by atoms with Gasteiger partial charge >= 0.3 is 5.00 Å². The molecule has 2 heterocycles. The first-order chi connectivity index (χ1) is 8.70. The standard InChI is InChI=1S/C10H12N4O2S2/c1-2-5-11-6-8-12-13-10(18-8)7-3-4-9(17-7)14(15)16/h3-4,11H,2,5-6H2,1H3. The Morgan fingerprint density at radius 3 is 2.89 bits per heavy atom. The topological polar surface area (TPSA) is 81.0 Å². The van der Waals surface area contributed by atoms with Crippen LogP contribution in [0.1, 0.15) is 18.4 Å². The molecule has 96 valence electrons. The van der Waals surface area contributed by atoms with Crippen LogP contribution >= 0.6 is 22.7 Å². The number of hydrogen-bond acceptors (Lipinski definition) is 7. The average Bonchev–Trinajstić information content (AvgIpc) is 2.97. The third-order valence-electron chi connectivity index (χ3n) is 2.15. The van der Waals surface area contributed by atoms with Gasteiger partial charge in [-0.1, -0.05) is 29.6 Å². The van der Waals surface area contributed by atoms with Crippen LogP contribution in [0.15, 0.2) is 12.1 Å². The summed E-state index contributed by atoms with van der Waals surface area (Å²) in [7, 11) is 0. The monoisotopic (exact) mass is 284 g/mol. The molecule has 6 nitrogen and oxygen atoms in total. The molecule has 0 aliphatic carbocycles. The van der Waals surface area contributed by atoms with Crippen molar-refractivity contribution in [1.82, 2.24) is 15.5 Å². The zero-order chi connectivity index (χ0) is 13.0. The second kappa shape index (κ2) is 5.98. The maximum atomic E-state index is 10.6. The number of rotatable bonds is 6. The van der Waals surface area contributed by atoms with E-state index in [1.165, 1.54) is 17.4 Å². The largest absolute Gasteiger partial charge is 0.324 e. The van der Waals surface area contributed by atoms with E-state index in [2.05, 4.69) is 22.4 Å². The quantitative estimate of drug-likeness (QED) is 0.501. The molecule has 0 bridgehead atoms. The lowest BCUT2D eigenvalue weighted by Gasteiger charge is -1.96. The molecule has 0 aliphatic rings. The van der Waals surface area contributed by atoms with Crippen molar-refractivity contribution >= 4 is 27.7 Å². The summed E-state index contributed by atoms with van der Waals surface area (Å²) in [4.78, 5) is 11.0. The summed E-state index contributed by atoms with van der Waals surface area (Å²) in [5.41, 5.74) is 0. The minimum absolute atomic E-state index is 0.130. The number of thiophene rings is 1. The van der Waals surface area contributed by atoms with Gasteiger partial charge in [0.15, 0.2) is 5.01 Å². The molecule has 0 spiro atoms. The van der Waals surface area contributed by atoms with Gasteiger partial charge in [0.05, 0.1) is 9.80 Å². The first-order valence-electron chi connectivity index (χ1n) is 5.48. The fraction of sp³-hybridized carbons (Fsp3) is 0.400. The fourth-order valence-corrected chi connectivity index (χ4v) is 3.02. The van der Waals surface area contributed by atoms with Crippen molar-refractivity contribution in [3.63, 3.8) is 0 Å². The van der Waals surface area contributed by atoms with Crippen LogP contribution < -0.4 is 5.32 Å². The Balaban J connectivity index is 2.06. The first kappa shape index (κ1) is 13.1. The van der Waals surface area contributed by atoms with Gasteiger partial charge in [-0.05, 0) is 19.0 Å². The van der Waals surface area contributed by atoms with E-state index in [1.54, 1.807) is 6.07 Å². The zero-order valence-electron chi connectivity index (χ0n) is 9.75. The highest BCUT2D eigenvalue weighted by Gasteiger charge is 2.14. The van der Waals surface area contributed by atoms with Crippen LogP contribution in [0.3, 0.4) is 0 Å². The molecule has 0 saturated carbocycles. The fourth-order valence-electron chi connectivity index (χ4n) is 1.34. The van der Waals surface area contributed by atoms with Crippen molar-refractivity contribution in [2.24, 2.45) is 0 Å². The van der Waals surface area contributed by atoms with Crippen molar-refractivity contribution < 1.29 is 4.92 Å². The molecule has 8 heteroatoms. The molecule has 0 aromatic carbocycles. The number of nitrogens with zero attached hydrogens (tertiary/aromatic N) is 3. The average molecular weight is 284 g/mol. The van der Waals surface area contributed by atoms with E-state index < -0.39 is 0 Å². The highest BCUT2D eigenvalue weighted by molar-refractivity contribution is 7.23. The van der Waals surface area contributed by atoms with Crippen LogP contribution in [0.5, 0.6) is 0 Å². The van der Waals surface area contributed by atoms with Gasteiger partial charge in [0.2, 0.25) is 0 Å². The Kier molecular flexibility index (Phi) is 4.34. The summed E-state index contributed by atoms with van der Waals surface area (Å²) in [6.07, 6.45) is 1.07. The molecule has 18 heavy (non-hydrogen) atoms. The van der Waals surface area contributed by atoms with Gasteiger partial charge in [0, 0.05) is 12.6 Å². The van der Waals surface area contributed by atoms with Crippen molar-refractivity contribution in [1.29, 1.82) is 0 Å². The number of hydrogen-bond donors (Lipinski definition) is 1. The maximum absolute atomic E-state index is 10.6. The van der Waals surface area contributed by atoms with E-state index in [1.807, 2.05) is 0 Å². The van der Waals surface area contributed by atoms with Crippen LogP contribution in [0.2, 0.25) is 0 Å². The van der Waals surface area contributed by atoms with Gasteiger partial charge in [-0.25, -0.2) is 0 Å². The second-order valence-electron chi connectivity index (χ2n) is 3.57. The summed E-state index contributed by atoms with van der Waals surface area (Å²) >= 11 is 2.59. The zero-order valence-corrected chi connectivity index (χ0v) is 11.4. The predicted molar refractivity (Wildman–Crippen MR) is 71.9 cm³/mol. The number of nitrogens with one attached hydrogen (secondary N) is 1. The van der Waals surface area contributed by atoms with E-state index >= 15 is 0 Å². The van der Waals surface area contributed by atoms with Gasteiger partial charge in [-0.3, -0.25) is 10.1 Å². The minimum atomic E-state index is -0.390. The van der Waals surface area contributed by atoms with E-state index in [0.717, 1.165) is 39.2 Å². The maximum Gasteiger partial charge on any atom is 0.324 e. The van der Waals surface area contributed by atoms with E-state index in [9.17, 15) is 10.1 Å². The van der Waals surface area contributed by atoms with E-state index in [4.69, 9.17) is 0 Å². The van der Waals surface area contributed by atoms with Gasteiger partial charge in [0.1, 0.15) is 5.01 Å². The van der Waals surface area contributed by atoms with Crippen LogP contribution in [0.25, 0.3) is 9.88 Å². The Hall–Kier alpha value is -1.38. The summed E-state index contributed by atoms with van der Waals surface area (Å²) in [5, 5.41) is 23.7. The van der Waals surface area contributed by atoms with Gasteiger partial charge in [-0.15, -0.1) is 10.2 Å². The number of nitro groups is 1. The molecule has 2 aromatic heterocycles. The van der Waals surface area contributed by atoms with E-state index in [0.29, 0.717) is 6.54 Å². The van der Waals surface area contributed by atoms with Crippen LogP contribution in [0, 0.1) is 10.1 Å². The van der Waals surface area contributed by atoms with E-state index in [-0.39, 0.29) is 9.92 Å². The normalized spacial score (nSPS) is 10.7. The Morgan fingerprint density at radius 1 is 1.39 bits per heavy atom. The SMILES string of the molecule is CCCNCc1nnc(-c2ccc([N+](=O)[O-])s2)s1. The molecular weight excluding hydrogens is 272 g/mol. The van der Waals surface area contributed by atoms with Crippen molar-refractivity contribution in [3.05, 3.63) is 27.3 Å². The van der Waals surface area contributed by atoms with Crippen LogP contribution in [-0.4, -0.2) is 21.7 Å². The molecule has 0 unspecified atom stereocenters. The predicted octanol–water partition coefficient (Wildman–Crippen LogP) is 2.67. The lowest BCUT2D eigenvalue weighted by molar-refractivity contribution is -0.380. The highest BCUT2D eigenvalue weighted by atomic mass is 32.1. The summed E-state index contributed by atoms with van der Waals surface area (Å²) in [5.74, 6) is 0. The molecule has 0 radical (unpaired) electrons. The highest BCUT2D eigenvalue weighted by Crippen LogP contribution is 2.34. The second-order valence-corrected chi connectivity index (χ2v) is 5.70. The molecule has 2 aromatic rings. The molecule has 0 atom stereocenters. The lowest BCUT2D eigenvalue weighted by atomic mass is 10.5. The van der Waals surface area contributed by atoms with Crippen LogP contribution in [-0.2, 0) is 6.54 Å². The molecule has 0 amide bonds. The van der Waals surface area contributed by atoms with Gasteiger partial charge < -0.3 is 5.32 Å². The summed E-state index contributed by atoms with van der Waals surface area (Å²) in [6.45, 7) is 3.74. The summed E-state index contributed by atoms with van der Waals surface area (Å²) in [6, 6.07) is 3.21. The van der Waals surface area contributed by atoms with Crippen molar-refractivity contribution in [3.8, 4) is 9.88 Å². The Bertz CT molecular complexity index is 537. The van der Waals surface area contributed by atoms with Gasteiger partial charge in [0.25, 0.3) is 0 Å². The van der Waals surface area contributed by atoms with Gasteiger partial charge in [-0.2, -0.15) is 0 Å². The Labute approximate surface area is 112 Å². The lowest BCUT2D eigenvalue weighted by Crippen LogP contribution is -2.13. The molecule has 2 rings (SSSR count). The summed E-state index contributed by atoms with van der Waals surface area (Å²) < 4.78 is 0. The third kappa shape index (κ3) is 3.09. The molecule has 0 saturated heterocycles. The molecule has 1 N–H and O–H groups in total. The molecule has 0 aliphatic heterocycles. The van der Waals surface area contributed by atoms with Crippen molar-refractivity contribution in [2.45, 2.75) is 19.9 Å². The minimum Gasteiger partial charge on any atom is -0.310 e. The smallest absolute Gasteiger partial charge is 0.310 e. The first-order valence-corrected chi connectivity index (χ1v) is 7.11. The molecular formula is C10H12N4O2S2. The number of aromatic nitrogens is 2. The molecule has 0 fully saturated rings. The Morgan fingerprint density at radius 2 is 2.22 bits per heavy atom.